The number of benzene rings is 1. The Morgan fingerprint density at radius 2 is 1.81 bits per heavy atom. The zero-order valence-electron chi connectivity index (χ0n) is 14.0. The van der Waals surface area contributed by atoms with Gasteiger partial charge in [-0.1, -0.05) is 52.2 Å². The van der Waals surface area contributed by atoms with Crippen LogP contribution in [0.15, 0.2) is 12.1 Å². The third-order valence-corrected chi connectivity index (χ3v) is 4.64. The van der Waals surface area contributed by atoms with E-state index in [2.05, 4.69) is 32.9 Å². The quantitative estimate of drug-likeness (QED) is 0.880. The SMILES string of the molecule is COc1c(C2CCCCC2)cc(CCO)cc1C(C)(C)C. The highest BCUT2D eigenvalue weighted by atomic mass is 16.5. The van der Waals surface area contributed by atoms with Crippen LogP contribution in [0, 0.1) is 0 Å². The molecule has 2 nitrogen and oxygen atoms in total. The highest BCUT2D eigenvalue weighted by Crippen LogP contribution is 2.43. The molecule has 0 heterocycles. The summed E-state index contributed by atoms with van der Waals surface area (Å²) in [7, 11) is 1.79. The van der Waals surface area contributed by atoms with E-state index in [4.69, 9.17) is 4.74 Å². The zero-order valence-corrected chi connectivity index (χ0v) is 14.0. The van der Waals surface area contributed by atoms with Gasteiger partial charge in [-0.3, -0.25) is 0 Å². The Balaban J connectivity index is 2.51. The lowest BCUT2D eigenvalue weighted by Gasteiger charge is -2.29. The average Bonchev–Trinajstić information content (AvgIpc) is 2.46. The summed E-state index contributed by atoms with van der Waals surface area (Å²) >= 11 is 0. The van der Waals surface area contributed by atoms with Gasteiger partial charge < -0.3 is 9.84 Å². The smallest absolute Gasteiger partial charge is 0.126 e. The van der Waals surface area contributed by atoms with Gasteiger partial charge in [0.15, 0.2) is 0 Å². The van der Waals surface area contributed by atoms with Gasteiger partial charge in [0, 0.05) is 12.2 Å². The lowest BCUT2D eigenvalue weighted by atomic mass is 9.78. The van der Waals surface area contributed by atoms with E-state index in [0.29, 0.717) is 5.92 Å². The highest BCUT2D eigenvalue weighted by molar-refractivity contribution is 5.50. The molecule has 0 aliphatic heterocycles. The predicted molar refractivity (Wildman–Crippen MR) is 88.3 cm³/mol. The van der Waals surface area contributed by atoms with E-state index < -0.39 is 0 Å². The minimum absolute atomic E-state index is 0.0558. The van der Waals surface area contributed by atoms with Crippen LogP contribution in [-0.2, 0) is 11.8 Å². The average molecular weight is 290 g/mol. The monoisotopic (exact) mass is 290 g/mol. The fraction of sp³-hybridized carbons (Fsp3) is 0.684. The van der Waals surface area contributed by atoms with Crippen molar-refractivity contribution in [2.45, 2.75) is 70.6 Å². The van der Waals surface area contributed by atoms with Crippen LogP contribution in [0.5, 0.6) is 5.75 Å². The molecular weight excluding hydrogens is 260 g/mol. The molecule has 0 amide bonds. The number of ether oxygens (including phenoxy) is 1. The standard InChI is InChI=1S/C19H30O2/c1-19(2,3)17-13-14(10-11-20)12-16(18(17)21-4)15-8-6-5-7-9-15/h12-13,15,20H,5-11H2,1-4H3. The first kappa shape index (κ1) is 16.4. The van der Waals surface area contributed by atoms with E-state index >= 15 is 0 Å². The summed E-state index contributed by atoms with van der Waals surface area (Å²) in [5, 5.41) is 9.31. The number of hydrogen-bond donors (Lipinski definition) is 1. The number of methoxy groups -OCH3 is 1. The topological polar surface area (TPSA) is 29.5 Å². The van der Waals surface area contributed by atoms with Gasteiger partial charge >= 0.3 is 0 Å². The molecular formula is C19H30O2. The Labute approximate surface area is 129 Å². The fourth-order valence-electron chi connectivity index (χ4n) is 3.49. The largest absolute Gasteiger partial charge is 0.496 e. The maximum Gasteiger partial charge on any atom is 0.126 e. The molecule has 118 valence electrons. The predicted octanol–water partition coefficient (Wildman–Crippen LogP) is 4.58. The van der Waals surface area contributed by atoms with Gasteiger partial charge in [0.25, 0.3) is 0 Å². The van der Waals surface area contributed by atoms with Crippen LogP contribution >= 0.6 is 0 Å². The molecule has 1 aromatic carbocycles. The number of aliphatic hydroxyl groups is 1. The molecule has 0 atom stereocenters. The minimum Gasteiger partial charge on any atom is -0.496 e. The lowest BCUT2D eigenvalue weighted by molar-refractivity contribution is 0.299. The molecule has 2 heteroatoms. The lowest BCUT2D eigenvalue weighted by Crippen LogP contribution is -2.17. The van der Waals surface area contributed by atoms with E-state index in [-0.39, 0.29) is 12.0 Å². The first-order valence-electron chi connectivity index (χ1n) is 8.29. The molecule has 21 heavy (non-hydrogen) atoms. The molecule has 2 rings (SSSR count). The molecule has 0 saturated heterocycles. The third-order valence-electron chi connectivity index (χ3n) is 4.64. The van der Waals surface area contributed by atoms with Crippen molar-refractivity contribution >= 4 is 0 Å². The normalized spacial score (nSPS) is 17.0. The van der Waals surface area contributed by atoms with Gasteiger partial charge in [-0.2, -0.15) is 0 Å². The Morgan fingerprint density at radius 3 is 2.33 bits per heavy atom. The Hall–Kier alpha value is -1.02. The van der Waals surface area contributed by atoms with E-state index in [1.807, 2.05) is 0 Å². The second-order valence-corrected chi connectivity index (χ2v) is 7.32. The van der Waals surface area contributed by atoms with Crippen molar-refractivity contribution in [1.29, 1.82) is 0 Å². The van der Waals surface area contributed by atoms with Crippen LogP contribution in [0.4, 0.5) is 0 Å². The molecule has 1 N–H and O–H groups in total. The van der Waals surface area contributed by atoms with Gasteiger partial charge in [-0.25, -0.2) is 0 Å². The van der Waals surface area contributed by atoms with E-state index in [1.54, 1.807) is 7.11 Å². The minimum atomic E-state index is 0.0558. The highest BCUT2D eigenvalue weighted by Gasteiger charge is 2.26. The van der Waals surface area contributed by atoms with Crippen molar-refractivity contribution < 1.29 is 9.84 Å². The number of rotatable bonds is 4. The van der Waals surface area contributed by atoms with Crippen molar-refractivity contribution in [3.05, 3.63) is 28.8 Å². The molecule has 1 aromatic rings. The zero-order chi connectivity index (χ0) is 15.5. The summed E-state index contributed by atoms with van der Waals surface area (Å²) in [5.41, 5.74) is 3.94. The van der Waals surface area contributed by atoms with Gasteiger partial charge in [0.05, 0.1) is 7.11 Å². The fourth-order valence-corrected chi connectivity index (χ4v) is 3.49. The maximum absolute atomic E-state index is 9.31. The third kappa shape index (κ3) is 3.79. The van der Waals surface area contributed by atoms with Crippen LogP contribution in [0.25, 0.3) is 0 Å². The van der Waals surface area contributed by atoms with Crippen molar-refractivity contribution in [2.24, 2.45) is 0 Å². The molecule has 1 aliphatic carbocycles. The number of hydrogen-bond acceptors (Lipinski definition) is 2. The maximum atomic E-state index is 9.31. The summed E-state index contributed by atoms with van der Waals surface area (Å²) in [6.45, 7) is 6.91. The van der Waals surface area contributed by atoms with E-state index in [9.17, 15) is 5.11 Å². The second kappa shape index (κ2) is 6.83. The van der Waals surface area contributed by atoms with Crippen LogP contribution in [0.1, 0.15) is 75.5 Å². The summed E-state index contributed by atoms with van der Waals surface area (Å²) in [5.74, 6) is 1.70. The first-order chi connectivity index (χ1) is 9.97. The van der Waals surface area contributed by atoms with Crippen molar-refractivity contribution in [1.82, 2.24) is 0 Å². The number of aliphatic hydroxyl groups excluding tert-OH is 1. The van der Waals surface area contributed by atoms with Gasteiger partial charge in [-0.15, -0.1) is 0 Å². The molecule has 1 fully saturated rings. The van der Waals surface area contributed by atoms with Crippen molar-refractivity contribution in [3.63, 3.8) is 0 Å². The summed E-state index contributed by atoms with van der Waals surface area (Å²) in [4.78, 5) is 0. The van der Waals surface area contributed by atoms with Gasteiger partial charge in [-0.05, 0) is 41.7 Å². The summed E-state index contributed by atoms with van der Waals surface area (Å²) in [6.07, 6.45) is 7.27. The molecule has 0 aromatic heterocycles. The van der Waals surface area contributed by atoms with E-state index in [1.165, 1.54) is 48.8 Å². The van der Waals surface area contributed by atoms with Crippen molar-refractivity contribution in [2.75, 3.05) is 13.7 Å². The van der Waals surface area contributed by atoms with E-state index in [0.717, 1.165) is 12.2 Å². The molecule has 0 bridgehead atoms. The first-order valence-corrected chi connectivity index (χ1v) is 8.29. The molecule has 1 aliphatic rings. The molecule has 1 saturated carbocycles. The second-order valence-electron chi connectivity index (χ2n) is 7.32. The molecule has 0 spiro atoms. The van der Waals surface area contributed by atoms with Crippen molar-refractivity contribution in [3.8, 4) is 5.75 Å². The van der Waals surface area contributed by atoms with Crippen LogP contribution in [0.2, 0.25) is 0 Å². The van der Waals surface area contributed by atoms with Crippen LogP contribution < -0.4 is 4.74 Å². The van der Waals surface area contributed by atoms with Crippen LogP contribution in [-0.4, -0.2) is 18.8 Å². The molecule has 0 unspecified atom stereocenters. The van der Waals surface area contributed by atoms with Gasteiger partial charge in [0.2, 0.25) is 0 Å². The Bertz CT molecular complexity index is 465. The van der Waals surface area contributed by atoms with Crippen LogP contribution in [0.3, 0.4) is 0 Å². The summed E-state index contributed by atoms with van der Waals surface area (Å²) in [6, 6.07) is 4.50. The Kier molecular flexibility index (Phi) is 5.32. The Morgan fingerprint density at radius 1 is 1.14 bits per heavy atom. The summed E-state index contributed by atoms with van der Waals surface area (Å²) < 4.78 is 5.83. The van der Waals surface area contributed by atoms with Gasteiger partial charge in [0.1, 0.15) is 5.75 Å². The molecule has 0 radical (unpaired) electrons.